The smallest absolute Gasteiger partial charge is 0.0397 e. The van der Waals surface area contributed by atoms with Crippen LogP contribution in [-0.4, -0.2) is 29.6 Å². The van der Waals surface area contributed by atoms with Gasteiger partial charge in [-0.3, -0.25) is 16.2 Å². The Hall–Kier alpha value is -0.120. The van der Waals surface area contributed by atoms with E-state index in [2.05, 4.69) is 10.3 Å². The molecule has 1 unspecified atom stereocenters. The van der Waals surface area contributed by atoms with E-state index in [1.165, 1.54) is 90.1 Å². The van der Waals surface area contributed by atoms with Crippen LogP contribution in [0.5, 0.6) is 0 Å². The van der Waals surface area contributed by atoms with E-state index < -0.39 is 0 Å². The fraction of sp³-hybridized carbons (Fsp3) is 1.00. The summed E-state index contributed by atoms with van der Waals surface area (Å²) >= 11 is 0. The summed E-state index contributed by atoms with van der Waals surface area (Å²) < 4.78 is 0. The fourth-order valence-electron chi connectivity index (χ4n) is 5.23. The zero-order valence-electron chi connectivity index (χ0n) is 13.1. The molecule has 3 N–H and O–H groups in total. The van der Waals surface area contributed by atoms with Crippen LogP contribution in [0.2, 0.25) is 0 Å². The van der Waals surface area contributed by atoms with Gasteiger partial charge in [-0.2, -0.15) is 0 Å². The molecule has 3 nitrogen and oxygen atoms in total. The van der Waals surface area contributed by atoms with Crippen LogP contribution in [0, 0.1) is 5.92 Å². The highest BCUT2D eigenvalue weighted by Gasteiger charge is 2.46. The first-order valence-electron chi connectivity index (χ1n) is 9.06. The van der Waals surface area contributed by atoms with Crippen molar-refractivity contribution in [3.63, 3.8) is 0 Å². The van der Waals surface area contributed by atoms with Gasteiger partial charge < -0.3 is 0 Å². The molecule has 0 radical (unpaired) electrons. The molecule has 0 aromatic carbocycles. The zero-order valence-corrected chi connectivity index (χ0v) is 13.1. The first-order chi connectivity index (χ1) is 9.85. The Morgan fingerprint density at radius 2 is 1.60 bits per heavy atom. The molecule has 0 aromatic rings. The molecule has 0 aromatic heterocycles. The maximum atomic E-state index is 6.05. The highest BCUT2D eigenvalue weighted by atomic mass is 15.3. The molecule has 3 heteroatoms. The average Bonchev–Trinajstić information content (AvgIpc) is 3.17. The maximum Gasteiger partial charge on any atom is 0.0397 e. The summed E-state index contributed by atoms with van der Waals surface area (Å²) in [6.45, 7) is 2.62. The van der Waals surface area contributed by atoms with E-state index in [4.69, 9.17) is 5.84 Å². The monoisotopic (exact) mass is 279 g/mol. The lowest BCUT2D eigenvalue weighted by Gasteiger charge is -2.46. The normalized spacial score (nSPS) is 29.9. The van der Waals surface area contributed by atoms with E-state index in [1.54, 1.807) is 0 Å². The Morgan fingerprint density at radius 1 is 0.950 bits per heavy atom. The summed E-state index contributed by atoms with van der Waals surface area (Å²) in [6, 6.07) is 0.520. The van der Waals surface area contributed by atoms with Crippen molar-refractivity contribution in [1.82, 2.24) is 10.3 Å². The SMILES string of the molecule is NNC(CC1CCCCC1)C1(N2CCCC2)CCCC1. The summed E-state index contributed by atoms with van der Waals surface area (Å²) in [5.74, 6) is 6.97. The lowest BCUT2D eigenvalue weighted by Crippen LogP contribution is -2.61. The van der Waals surface area contributed by atoms with Crippen molar-refractivity contribution in [2.45, 2.75) is 88.6 Å². The first kappa shape index (κ1) is 14.8. The third-order valence-corrected chi connectivity index (χ3v) is 6.35. The van der Waals surface area contributed by atoms with E-state index >= 15 is 0 Å². The molecule has 2 aliphatic carbocycles. The van der Waals surface area contributed by atoms with Crippen LogP contribution in [0.4, 0.5) is 0 Å². The average molecular weight is 279 g/mol. The molecule has 0 amide bonds. The van der Waals surface area contributed by atoms with E-state index in [9.17, 15) is 0 Å². The third kappa shape index (κ3) is 2.90. The van der Waals surface area contributed by atoms with Gasteiger partial charge in [0.25, 0.3) is 0 Å². The van der Waals surface area contributed by atoms with E-state index in [0.29, 0.717) is 11.6 Å². The second-order valence-corrected chi connectivity index (χ2v) is 7.46. The summed E-state index contributed by atoms with van der Waals surface area (Å²) in [5, 5.41) is 0. The Labute approximate surface area is 124 Å². The highest BCUT2D eigenvalue weighted by molar-refractivity contribution is 5.04. The minimum Gasteiger partial charge on any atom is -0.296 e. The van der Waals surface area contributed by atoms with Crippen LogP contribution >= 0.6 is 0 Å². The van der Waals surface area contributed by atoms with Gasteiger partial charge in [-0.15, -0.1) is 0 Å². The Morgan fingerprint density at radius 3 is 2.20 bits per heavy atom. The number of nitrogens with zero attached hydrogens (tertiary/aromatic N) is 1. The summed E-state index contributed by atoms with van der Waals surface area (Å²) in [5.41, 5.74) is 3.66. The number of rotatable bonds is 5. The second-order valence-electron chi connectivity index (χ2n) is 7.46. The quantitative estimate of drug-likeness (QED) is 0.600. The van der Waals surface area contributed by atoms with Crippen LogP contribution in [0.15, 0.2) is 0 Å². The molecule has 3 aliphatic rings. The number of nitrogens with one attached hydrogen (secondary N) is 1. The van der Waals surface area contributed by atoms with Gasteiger partial charge in [0.05, 0.1) is 0 Å². The van der Waals surface area contributed by atoms with Gasteiger partial charge in [-0.05, 0) is 51.1 Å². The molecule has 3 fully saturated rings. The van der Waals surface area contributed by atoms with Crippen LogP contribution in [0.1, 0.15) is 77.0 Å². The summed E-state index contributed by atoms with van der Waals surface area (Å²) in [6.07, 6.45) is 16.9. The molecule has 1 heterocycles. The van der Waals surface area contributed by atoms with E-state index in [1.807, 2.05) is 0 Å². The van der Waals surface area contributed by atoms with Crippen molar-refractivity contribution in [3.05, 3.63) is 0 Å². The molecule has 1 atom stereocenters. The molecular formula is C17H33N3. The van der Waals surface area contributed by atoms with Gasteiger partial charge in [0.1, 0.15) is 0 Å². The van der Waals surface area contributed by atoms with Crippen molar-refractivity contribution in [3.8, 4) is 0 Å². The maximum absolute atomic E-state index is 6.05. The van der Waals surface area contributed by atoms with Gasteiger partial charge in [0.2, 0.25) is 0 Å². The van der Waals surface area contributed by atoms with Crippen LogP contribution < -0.4 is 11.3 Å². The minimum absolute atomic E-state index is 0.392. The van der Waals surface area contributed by atoms with Gasteiger partial charge >= 0.3 is 0 Å². The van der Waals surface area contributed by atoms with Gasteiger partial charge in [-0.1, -0.05) is 44.9 Å². The molecule has 3 rings (SSSR count). The zero-order chi connectivity index (χ0) is 13.8. The number of likely N-dealkylation sites (tertiary alicyclic amines) is 1. The number of hydrazine groups is 1. The lowest BCUT2D eigenvalue weighted by atomic mass is 9.77. The van der Waals surface area contributed by atoms with Crippen molar-refractivity contribution >= 4 is 0 Å². The second kappa shape index (κ2) is 6.76. The number of hydrogen-bond donors (Lipinski definition) is 2. The van der Waals surface area contributed by atoms with E-state index in [-0.39, 0.29) is 0 Å². The molecule has 1 saturated heterocycles. The summed E-state index contributed by atoms with van der Waals surface area (Å²) in [4.78, 5) is 2.80. The number of nitrogens with two attached hydrogens (primary N) is 1. The molecule has 0 spiro atoms. The van der Waals surface area contributed by atoms with Gasteiger partial charge in [0, 0.05) is 11.6 Å². The first-order valence-corrected chi connectivity index (χ1v) is 9.06. The molecular weight excluding hydrogens is 246 g/mol. The van der Waals surface area contributed by atoms with Crippen LogP contribution in [0.25, 0.3) is 0 Å². The topological polar surface area (TPSA) is 41.3 Å². The van der Waals surface area contributed by atoms with Gasteiger partial charge in [-0.25, -0.2) is 0 Å². The predicted octanol–water partition coefficient (Wildman–Crippen LogP) is 3.20. The summed E-state index contributed by atoms with van der Waals surface area (Å²) in [7, 11) is 0. The molecule has 2 saturated carbocycles. The molecule has 116 valence electrons. The fourth-order valence-corrected chi connectivity index (χ4v) is 5.23. The Kier molecular flexibility index (Phi) is 5.00. The van der Waals surface area contributed by atoms with Gasteiger partial charge in [0.15, 0.2) is 0 Å². The van der Waals surface area contributed by atoms with Crippen molar-refractivity contribution in [1.29, 1.82) is 0 Å². The van der Waals surface area contributed by atoms with Crippen LogP contribution in [0.3, 0.4) is 0 Å². The molecule has 0 bridgehead atoms. The van der Waals surface area contributed by atoms with Crippen molar-refractivity contribution in [2.24, 2.45) is 11.8 Å². The van der Waals surface area contributed by atoms with Crippen molar-refractivity contribution in [2.75, 3.05) is 13.1 Å². The van der Waals surface area contributed by atoms with Crippen molar-refractivity contribution < 1.29 is 0 Å². The molecule has 1 aliphatic heterocycles. The number of hydrogen-bond acceptors (Lipinski definition) is 3. The standard InChI is InChI=1S/C17H33N3/c18-19-16(14-15-8-2-1-3-9-15)17(10-4-5-11-17)20-12-6-7-13-20/h15-16,19H,1-14,18H2. The Balaban J connectivity index is 1.70. The molecule has 20 heavy (non-hydrogen) atoms. The third-order valence-electron chi connectivity index (χ3n) is 6.35. The predicted molar refractivity (Wildman–Crippen MR) is 84.3 cm³/mol. The minimum atomic E-state index is 0.392. The highest BCUT2D eigenvalue weighted by Crippen LogP contribution is 2.42. The van der Waals surface area contributed by atoms with E-state index in [0.717, 1.165) is 5.92 Å². The van der Waals surface area contributed by atoms with Crippen LogP contribution in [-0.2, 0) is 0 Å². The Bertz CT molecular complexity index is 287. The lowest BCUT2D eigenvalue weighted by molar-refractivity contribution is 0.0622. The largest absolute Gasteiger partial charge is 0.296 e.